The summed E-state index contributed by atoms with van der Waals surface area (Å²) in [6.07, 6.45) is 2.95. The van der Waals surface area contributed by atoms with E-state index in [-0.39, 0.29) is 17.1 Å². The Hall–Kier alpha value is -4.11. The maximum absolute atomic E-state index is 12.8. The highest BCUT2D eigenvalue weighted by Crippen LogP contribution is 2.22. The second kappa shape index (κ2) is 7.05. The Bertz CT molecular complexity index is 1510. The molecule has 5 rings (SSSR count). The van der Waals surface area contributed by atoms with Crippen LogP contribution >= 0.6 is 11.3 Å². The number of aromatic nitrogens is 3. The molecule has 0 bridgehead atoms. The van der Waals surface area contributed by atoms with Gasteiger partial charge in [-0.3, -0.25) is 14.9 Å². The number of rotatable bonds is 4. The predicted octanol–water partition coefficient (Wildman–Crippen LogP) is 3.55. The van der Waals surface area contributed by atoms with E-state index in [1.165, 1.54) is 23.5 Å². The molecule has 0 spiro atoms. The lowest BCUT2D eigenvalue weighted by atomic mass is 10.2. The van der Waals surface area contributed by atoms with Crippen LogP contribution in [0.15, 0.2) is 71.7 Å². The van der Waals surface area contributed by atoms with Crippen LogP contribution in [0.4, 0.5) is 5.69 Å². The first-order valence-electron chi connectivity index (χ1n) is 8.88. The van der Waals surface area contributed by atoms with Gasteiger partial charge in [-0.1, -0.05) is 35.6 Å². The Kier molecular flexibility index (Phi) is 4.22. The molecule has 0 aliphatic rings. The van der Waals surface area contributed by atoms with E-state index >= 15 is 0 Å². The van der Waals surface area contributed by atoms with Crippen molar-refractivity contribution in [3.8, 4) is 11.6 Å². The normalized spacial score (nSPS) is 11.9. The average Bonchev–Trinajstić information content (AvgIpc) is 3.26. The molecule has 0 N–H and O–H groups in total. The molecule has 0 aliphatic carbocycles. The van der Waals surface area contributed by atoms with E-state index in [0.717, 1.165) is 22.8 Å². The summed E-state index contributed by atoms with van der Waals surface area (Å²) in [5, 5.41) is 10.7. The summed E-state index contributed by atoms with van der Waals surface area (Å²) in [6, 6.07) is 17.4. The monoisotopic (exact) mass is 416 g/mol. The molecule has 0 atom stereocenters. The first-order valence-corrected chi connectivity index (χ1v) is 9.70. The first kappa shape index (κ1) is 18.0. The summed E-state index contributed by atoms with van der Waals surface area (Å²) in [6.45, 7) is 0. The first-order chi connectivity index (χ1) is 14.6. The fraction of sp³-hybridized carbons (Fsp3) is 0. The molecule has 0 amide bonds. The van der Waals surface area contributed by atoms with Crippen molar-refractivity contribution in [2.75, 3.05) is 0 Å². The molecule has 0 fully saturated rings. The number of nitro groups is 1. The van der Waals surface area contributed by atoms with Crippen molar-refractivity contribution in [3.05, 3.63) is 97.4 Å². The highest BCUT2D eigenvalue weighted by molar-refractivity contribution is 7.15. The van der Waals surface area contributed by atoms with Crippen LogP contribution in [0.3, 0.4) is 0 Å². The molecular formula is C21H12N4O4S. The standard InChI is InChI=1S/C21H12N4O4S/c26-20-18(30-21-23-16-3-1-2-4-17(16)24(20)21)11-13-5-8-15(9-6-13)29-19-10-7-14(12-22-19)25(27)28/h1-12H/b18-11-. The molecule has 3 aromatic heterocycles. The number of para-hydroxylation sites is 2. The summed E-state index contributed by atoms with van der Waals surface area (Å²) < 4.78 is 7.83. The van der Waals surface area contributed by atoms with Crippen LogP contribution in [0.2, 0.25) is 0 Å². The summed E-state index contributed by atoms with van der Waals surface area (Å²) >= 11 is 1.34. The van der Waals surface area contributed by atoms with Crippen molar-refractivity contribution in [1.29, 1.82) is 0 Å². The number of pyridine rings is 1. The molecule has 0 radical (unpaired) electrons. The minimum atomic E-state index is -0.518. The van der Waals surface area contributed by atoms with E-state index in [2.05, 4.69) is 9.97 Å². The van der Waals surface area contributed by atoms with Gasteiger partial charge in [-0.05, 0) is 35.9 Å². The van der Waals surface area contributed by atoms with Crippen LogP contribution in [-0.2, 0) is 0 Å². The van der Waals surface area contributed by atoms with Gasteiger partial charge in [-0.25, -0.2) is 14.4 Å². The van der Waals surface area contributed by atoms with E-state index in [0.29, 0.717) is 15.2 Å². The van der Waals surface area contributed by atoms with Crippen LogP contribution in [0.1, 0.15) is 5.56 Å². The van der Waals surface area contributed by atoms with Crippen LogP contribution in [0, 0.1) is 10.1 Å². The van der Waals surface area contributed by atoms with Gasteiger partial charge in [-0.15, -0.1) is 0 Å². The SMILES string of the molecule is O=c1/c(=C/c2ccc(Oc3ccc([N+](=O)[O-])cn3)cc2)sc2nc3ccccc3n12. The topological polar surface area (TPSA) is 99.6 Å². The molecule has 0 unspecified atom stereocenters. The molecule has 2 aromatic carbocycles. The molecule has 0 saturated heterocycles. The van der Waals surface area contributed by atoms with Crippen molar-refractivity contribution in [2.45, 2.75) is 0 Å². The largest absolute Gasteiger partial charge is 0.439 e. The van der Waals surface area contributed by atoms with Crippen molar-refractivity contribution in [3.63, 3.8) is 0 Å². The molecule has 146 valence electrons. The Morgan fingerprint density at radius 1 is 1.07 bits per heavy atom. The Labute approximate surface area is 172 Å². The zero-order chi connectivity index (χ0) is 20.7. The van der Waals surface area contributed by atoms with Crippen LogP contribution in [-0.4, -0.2) is 19.3 Å². The predicted molar refractivity (Wildman–Crippen MR) is 113 cm³/mol. The zero-order valence-electron chi connectivity index (χ0n) is 15.3. The third kappa shape index (κ3) is 3.16. The summed E-state index contributed by atoms with van der Waals surface area (Å²) in [4.78, 5) is 32.1. The number of hydrogen-bond donors (Lipinski definition) is 0. The average molecular weight is 416 g/mol. The lowest BCUT2D eigenvalue weighted by Gasteiger charge is -2.04. The minimum Gasteiger partial charge on any atom is -0.439 e. The van der Waals surface area contributed by atoms with E-state index < -0.39 is 4.92 Å². The van der Waals surface area contributed by atoms with Gasteiger partial charge < -0.3 is 4.74 Å². The maximum atomic E-state index is 12.8. The number of imidazole rings is 1. The van der Waals surface area contributed by atoms with E-state index in [1.54, 1.807) is 16.5 Å². The van der Waals surface area contributed by atoms with Gasteiger partial charge in [-0.2, -0.15) is 0 Å². The van der Waals surface area contributed by atoms with Gasteiger partial charge in [0.2, 0.25) is 5.88 Å². The third-order valence-corrected chi connectivity index (χ3v) is 5.45. The molecule has 8 nitrogen and oxygen atoms in total. The van der Waals surface area contributed by atoms with Gasteiger partial charge in [0.15, 0.2) is 4.96 Å². The van der Waals surface area contributed by atoms with Gasteiger partial charge in [0.05, 0.1) is 20.5 Å². The van der Waals surface area contributed by atoms with Crippen LogP contribution in [0.5, 0.6) is 11.6 Å². The van der Waals surface area contributed by atoms with Gasteiger partial charge in [0.1, 0.15) is 11.9 Å². The molecular weight excluding hydrogens is 404 g/mol. The van der Waals surface area contributed by atoms with Crippen molar-refractivity contribution >= 4 is 39.1 Å². The lowest BCUT2D eigenvalue weighted by molar-refractivity contribution is -0.385. The molecule has 9 heteroatoms. The van der Waals surface area contributed by atoms with Crippen LogP contribution < -0.4 is 14.8 Å². The smallest absolute Gasteiger partial charge is 0.287 e. The van der Waals surface area contributed by atoms with E-state index in [9.17, 15) is 14.9 Å². The molecule has 3 heterocycles. The zero-order valence-corrected chi connectivity index (χ0v) is 16.1. The van der Waals surface area contributed by atoms with Crippen LogP contribution in [0.25, 0.3) is 22.1 Å². The third-order valence-electron chi connectivity index (χ3n) is 4.48. The molecule has 5 aromatic rings. The van der Waals surface area contributed by atoms with Gasteiger partial charge >= 0.3 is 0 Å². The second-order valence-corrected chi connectivity index (χ2v) is 7.43. The highest BCUT2D eigenvalue weighted by atomic mass is 32.1. The van der Waals surface area contributed by atoms with E-state index in [1.807, 2.05) is 42.5 Å². The number of thiazole rings is 1. The lowest BCUT2D eigenvalue weighted by Crippen LogP contribution is -2.22. The Morgan fingerprint density at radius 3 is 2.60 bits per heavy atom. The number of fused-ring (bicyclic) bond motifs is 3. The maximum Gasteiger partial charge on any atom is 0.287 e. The Morgan fingerprint density at radius 2 is 1.87 bits per heavy atom. The van der Waals surface area contributed by atoms with Crippen molar-refractivity contribution in [2.24, 2.45) is 0 Å². The number of nitrogens with zero attached hydrogens (tertiary/aromatic N) is 4. The number of ether oxygens (including phenoxy) is 1. The second-order valence-electron chi connectivity index (χ2n) is 6.42. The summed E-state index contributed by atoms with van der Waals surface area (Å²) in [5.41, 5.74) is 2.24. The van der Waals surface area contributed by atoms with E-state index in [4.69, 9.17) is 4.74 Å². The summed E-state index contributed by atoms with van der Waals surface area (Å²) in [7, 11) is 0. The molecule has 30 heavy (non-hydrogen) atoms. The quantitative estimate of drug-likeness (QED) is 0.328. The van der Waals surface area contributed by atoms with Gasteiger partial charge in [0.25, 0.3) is 11.2 Å². The highest BCUT2D eigenvalue weighted by Gasteiger charge is 2.10. The minimum absolute atomic E-state index is 0.0980. The number of hydrogen-bond acceptors (Lipinski definition) is 7. The number of benzene rings is 2. The molecule has 0 saturated carbocycles. The fourth-order valence-electron chi connectivity index (χ4n) is 3.06. The van der Waals surface area contributed by atoms with Gasteiger partial charge in [0, 0.05) is 12.1 Å². The summed E-state index contributed by atoms with van der Waals surface area (Å²) in [5.74, 6) is 0.786. The van der Waals surface area contributed by atoms with Crippen molar-refractivity contribution in [1.82, 2.24) is 14.4 Å². The van der Waals surface area contributed by atoms with Crippen molar-refractivity contribution < 1.29 is 9.66 Å². The molecule has 0 aliphatic heterocycles. The fourth-order valence-corrected chi connectivity index (χ4v) is 4.04. The Balaban J connectivity index is 1.43.